The number of rotatable bonds is 5. The molecule has 0 unspecified atom stereocenters. The van der Waals surface area contributed by atoms with E-state index in [1.807, 2.05) is 0 Å². The van der Waals surface area contributed by atoms with E-state index in [2.05, 4.69) is 25.6 Å². The molecule has 0 aliphatic carbocycles. The molecule has 0 saturated carbocycles. The fourth-order valence-corrected chi connectivity index (χ4v) is 1.26. The van der Waals surface area contributed by atoms with Crippen LogP contribution in [0.1, 0.15) is 0 Å². The lowest BCUT2D eigenvalue weighted by Gasteiger charge is -2.03. The summed E-state index contributed by atoms with van der Waals surface area (Å²) >= 11 is 0. The van der Waals surface area contributed by atoms with Gasteiger partial charge in [0.25, 0.3) is 0 Å². The molecular formula is C5H12N6O2S. The van der Waals surface area contributed by atoms with Crippen LogP contribution in [0.5, 0.6) is 0 Å². The van der Waals surface area contributed by atoms with Crippen molar-refractivity contribution in [3.05, 3.63) is 0 Å². The van der Waals surface area contributed by atoms with Crippen molar-refractivity contribution in [3.63, 3.8) is 0 Å². The van der Waals surface area contributed by atoms with Crippen molar-refractivity contribution in [2.75, 3.05) is 24.7 Å². The van der Waals surface area contributed by atoms with Crippen molar-refractivity contribution in [2.45, 2.75) is 0 Å². The van der Waals surface area contributed by atoms with E-state index in [4.69, 9.17) is 0 Å². The van der Waals surface area contributed by atoms with Crippen molar-refractivity contribution in [2.24, 2.45) is 7.05 Å². The average Bonchev–Trinajstić information content (AvgIpc) is 2.44. The first-order valence-electron chi connectivity index (χ1n) is 3.90. The van der Waals surface area contributed by atoms with Crippen LogP contribution in [-0.2, 0) is 17.1 Å². The van der Waals surface area contributed by atoms with Crippen LogP contribution in [0.3, 0.4) is 0 Å². The smallest absolute Gasteiger partial charge is 0.242 e. The lowest BCUT2D eigenvalue weighted by atomic mass is 10.6. The van der Waals surface area contributed by atoms with Gasteiger partial charge in [-0.15, -0.1) is 0 Å². The number of aryl methyl sites for hydroxylation is 1. The first-order valence-corrected chi connectivity index (χ1v) is 5.79. The normalized spacial score (nSPS) is 11.6. The Morgan fingerprint density at radius 2 is 2.14 bits per heavy atom. The van der Waals surface area contributed by atoms with Crippen LogP contribution in [0.2, 0.25) is 0 Å². The molecule has 8 nitrogen and oxygen atoms in total. The first-order chi connectivity index (χ1) is 6.49. The number of anilines is 1. The Bertz CT molecular complexity index is 385. The SMILES string of the molecule is Cn1nnnc1NCCNS(C)(=O)=O. The number of hydrogen-bond donors (Lipinski definition) is 2. The maximum Gasteiger partial charge on any atom is 0.242 e. The highest BCUT2D eigenvalue weighted by Crippen LogP contribution is 1.93. The highest BCUT2D eigenvalue weighted by molar-refractivity contribution is 7.88. The number of hydrogen-bond acceptors (Lipinski definition) is 6. The van der Waals surface area contributed by atoms with Gasteiger partial charge in [-0.25, -0.2) is 17.8 Å². The Hall–Kier alpha value is -1.22. The van der Waals surface area contributed by atoms with Crippen molar-refractivity contribution in [3.8, 4) is 0 Å². The summed E-state index contributed by atoms with van der Waals surface area (Å²) in [5, 5.41) is 13.5. The van der Waals surface area contributed by atoms with Crippen LogP contribution in [0.4, 0.5) is 5.95 Å². The third kappa shape index (κ3) is 3.66. The van der Waals surface area contributed by atoms with Gasteiger partial charge in [0, 0.05) is 20.1 Å². The van der Waals surface area contributed by atoms with Gasteiger partial charge in [-0.05, 0) is 10.4 Å². The highest BCUT2D eigenvalue weighted by Gasteiger charge is 2.01. The Kier molecular flexibility index (Phi) is 3.36. The quantitative estimate of drug-likeness (QED) is 0.566. The van der Waals surface area contributed by atoms with E-state index in [0.29, 0.717) is 19.0 Å². The van der Waals surface area contributed by atoms with Gasteiger partial charge in [0.05, 0.1) is 6.26 Å². The molecule has 1 rings (SSSR count). The summed E-state index contributed by atoms with van der Waals surface area (Å²) in [6.07, 6.45) is 1.11. The lowest BCUT2D eigenvalue weighted by Crippen LogP contribution is -2.28. The third-order valence-corrected chi connectivity index (χ3v) is 2.12. The van der Waals surface area contributed by atoms with E-state index in [0.717, 1.165) is 6.26 Å². The van der Waals surface area contributed by atoms with E-state index in [9.17, 15) is 8.42 Å². The summed E-state index contributed by atoms with van der Waals surface area (Å²) in [4.78, 5) is 0. The van der Waals surface area contributed by atoms with Crippen LogP contribution < -0.4 is 10.0 Å². The maximum absolute atomic E-state index is 10.7. The molecule has 1 heterocycles. The molecular weight excluding hydrogens is 208 g/mol. The van der Waals surface area contributed by atoms with Gasteiger partial charge >= 0.3 is 0 Å². The van der Waals surface area contributed by atoms with Crippen LogP contribution in [0.25, 0.3) is 0 Å². The molecule has 1 aromatic heterocycles. The molecule has 2 N–H and O–H groups in total. The maximum atomic E-state index is 10.7. The van der Waals surface area contributed by atoms with E-state index < -0.39 is 10.0 Å². The molecule has 80 valence electrons. The van der Waals surface area contributed by atoms with Gasteiger partial charge in [0.1, 0.15) is 0 Å². The number of sulfonamides is 1. The third-order valence-electron chi connectivity index (χ3n) is 1.39. The molecule has 1 aromatic rings. The summed E-state index contributed by atoms with van der Waals surface area (Å²) in [6, 6.07) is 0. The molecule has 0 radical (unpaired) electrons. The molecule has 0 aliphatic heterocycles. The summed E-state index contributed by atoms with van der Waals surface area (Å²) in [5.74, 6) is 0.500. The predicted octanol–water partition coefficient (Wildman–Crippen LogP) is -1.83. The molecule has 0 atom stereocenters. The topological polar surface area (TPSA) is 102 Å². The number of aromatic nitrogens is 4. The van der Waals surface area contributed by atoms with Crippen molar-refractivity contribution in [1.82, 2.24) is 24.9 Å². The highest BCUT2D eigenvalue weighted by atomic mass is 32.2. The molecule has 0 spiro atoms. The summed E-state index contributed by atoms with van der Waals surface area (Å²) in [7, 11) is -1.44. The molecule has 0 saturated heterocycles. The van der Waals surface area contributed by atoms with Crippen molar-refractivity contribution in [1.29, 1.82) is 0 Å². The fraction of sp³-hybridized carbons (Fsp3) is 0.800. The molecule has 0 aromatic carbocycles. The van der Waals surface area contributed by atoms with Gasteiger partial charge in [-0.2, -0.15) is 0 Å². The molecule has 9 heteroatoms. The summed E-state index contributed by atoms with van der Waals surface area (Å²) in [5.41, 5.74) is 0. The molecule has 0 amide bonds. The number of nitrogens with one attached hydrogen (secondary N) is 2. The second kappa shape index (κ2) is 4.33. The summed E-state index contributed by atoms with van der Waals surface area (Å²) < 4.78 is 25.1. The van der Waals surface area contributed by atoms with E-state index in [1.165, 1.54) is 4.68 Å². The van der Waals surface area contributed by atoms with Gasteiger partial charge in [0.15, 0.2) is 0 Å². The minimum Gasteiger partial charge on any atom is -0.352 e. The van der Waals surface area contributed by atoms with E-state index in [1.54, 1.807) is 7.05 Å². The first kappa shape index (κ1) is 10.9. The minimum absolute atomic E-state index is 0.297. The Labute approximate surface area is 81.7 Å². The average molecular weight is 220 g/mol. The van der Waals surface area contributed by atoms with Crippen LogP contribution in [0.15, 0.2) is 0 Å². The number of nitrogens with zero attached hydrogens (tertiary/aromatic N) is 4. The number of tetrazole rings is 1. The Morgan fingerprint density at radius 1 is 1.43 bits per heavy atom. The predicted molar refractivity (Wildman–Crippen MR) is 50.1 cm³/mol. The van der Waals surface area contributed by atoms with Gasteiger partial charge < -0.3 is 5.32 Å². The van der Waals surface area contributed by atoms with Gasteiger partial charge in [0.2, 0.25) is 16.0 Å². The van der Waals surface area contributed by atoms with Crippen molar-refractivity contribution >= 4 is 16.0 Å². The Balaban J connectivity index is 2.26. The fourth-order valence-electron chi connectivity index (χ4n) is 0.790. The lowest BCUT2D eigenvalue weighted by molar-refractivity contribution is 0.589. The van der Waals surface area contributed by atoms with Gasteiger partial charge in [-0.3, -0.25) is 0 Å². The largest absolute Gasteiger partial charge is 0.352 e. The van der Waals surface area contributed by atoms with Crippen LogP contribution >= 0.6 is 0 Å². The van der Waals surface area contributed by atoms with Crippen molar-refractivity contribution < 1.29 is 8.42 Å². The zero-order valence-electron chi connectivity index (χ0n) is 7.93. The van der Waals surface area contributed by atoms with E-state index >= 15 is 0 Å². The molecule has 14 heavy (non-hydrogen) atoms. The zero-order valence-corrected chi connectivity index (χ0v) is 8.74. The Morgan fingerprint density at radius 3 is 2.64 bits per heavy atom. The molecule has 0 fully saturated rings. The second-order valence-electron chi connectivity index (χ2n) is 2.72. The summed E-state index contributed by atoms with van der Waals surface area (Å²) in [6.45, 7) is 0.729. The van der Waals surface area contributed by atoms with Crippen LogP contribution in [-0.4, -0.2) is 48.0 Å². The molecule has 0 bridgehead atoms. The van der Waals surface area contributed by atoms with E-state index in [-0.39, 0.29) is 0 Å². The standard InChI is InChI=1S/C5H12N6O2S/c1-11-5(8-9-10-11)6-3-4-7-14(2,12)13/h7H,3-4H2,1-2H3,(H,6,8,10). The van der Waals surface area contributed by atoms with Crippen LogP contribution in [0, 0.1) is 0 Å². The second-order valence-corrected chi connectivity index (χ2v) is 4.55. The monoisotopic (exact) mass is 220 g/mol. The zero-order chi connectivity index (χ0) is 10.6. The molecule has 0 aliphatic rings. The minimum atomic E-state index is -3.12. The van der Waals surface area contributed by atoms with Gasteiger partial charge in [-0.1, -0.05) is 5.10 Å².